The van der Waals surface area contributed by atoms with Gasteiger partial charge in [0.15, 0.2) is 5.17 Å². The van der Waals surface area contributed by atoms with Crippen molar-refractivity contribution in [1.29, 1.82) is 0 Å². The minimum absolute atomic E-state index is 0.0804. The Hall–Kier alpha value is -2.82. The van der Waals surface area contributed by atoms with E-state index in [9.17, 15) is 5.11 Å². The lowest BCUT2D eigenvalue weighted by Crippen LogP contribution is -2.25. The molecule has 0 radical (unpaired) electrons. The van der Waals surface area contributed by atoms with Gasteiger partial charge in [-0.1, -0.05) is 96.7 Å². The number of benzene rings is 3. The minimum Gasteiger partial charge on any atom is -0.392 e. The fourth-order valence-electron chi connectivity index (χ4n) is 3.62. The van der Waals surface area contributed by atoms with Crippen molar-refractivity contribution in [2.75, 3.05) is 13.1 Å². The van der Waals surface area contributed by atoms with Crippen LogP contribution in [0.2, 0.25) is 0 Å². The summed E-state index contributed by atoms with van der Waals surface area (Å²) in [7, 11) is 0. The number of hydrogen-bond donors (Lipinski definition) is 1. The van der Waals surface area contributed by atoms with Crippen molar-refractivity contribution in [2.24, 2.45) is 4.99 Å². The maximum absolute atomic E-state index is 9.26. The predicted octanol–water partition coefficient (Wildman–Crippen LogP) is 5.76. The van der Waals surface area contributed by atoms with Crippen LogP contribution in [-0.2, 0) is 19.6 Å². The minimum atomic E-state index is 0.0804. The van der Waals surface area contributed by atoms with E-state index in [0.29, 0.717) is 6.54 Å². The molecule has 0 amide bonds. The van der Waals surface area contributed by atoms with Gasteiger partial charge in [0.05, 0.1) is 19.7 Å². The summed E-state index contributed by atoms with van der Waals surface area (Å²) >= 11 is 1.78. The van der Waals surface area contributed by atoms with Crippen molar-refractivity contribution >= 4 is 23.0 Å². The molecule has 3 aromatic carbocycles. The monoisotopic (exact) mass is 428 g/mol. The number of thioether (sulfide) groups is 1. The first-order valence-electron chi connectivity index (χ1n) is 10.8. The van der Waals surface area contributed by atoms with Gasteiger partial charge in [-0.3, -0.25) is 4.99 Å². The van der Waals surface area contributed by atoms with Crippen LogP contribution in [0.5, 0.6) is 0 Å². The van der Waals surface area contributed by atoms with Crippen molar-refractivity contribution in [3.05, 3.63) is 112 Å². The lowest BCUT2D eigenvalue weighted by atomic mass is 10.1. The molecule has 1 fully saturated rings. The maximum Gasteiger partial charge on any atom is 0.164 e. The molecule has 1 N–H and O–H groups in total. The average molecular weight is 429 g/mol. The van der Waals surface area contributed by atoms with Gasteiger partial charge in [-0.05, 0) is 41.2 Å². The zero-order valence-corrected chi connectivity index (χ0v) is 18.5. The van der Waals surface area contributed by atoms with Crippen molar-refractivity contribution in [3.8, 4) is 0 Å². The second-order valence-corrected chi connectivity index (χ2v) is 8.80. The first kappa shape index (κ1) is 21.4. The van der Waals surface area contributed by atoms with Crippen LogP contribution >= 0.6 is 11.8 Å². The van der Waals surface area contributed by atoms with E-state index in [2.05, 4.69) is 77.7 Å². The summed E-state index contributed by atoms with van der Waals surface area (Å²) in [5, 5.41) is 10.4. The van der Waals surface area contributed by atoms with E-state index < -0.39 is 0 Å². The number of aliphatic hydroxyl groups excluding tert-OH is 1. The van der Waals surface area contributed by atoms with Gasteiger partial charge in [-0.15, -0.1) is 0 Å². The van der Waals surface area contributed by atoms with E-state index in [1.807, 2.05) is 18.2 Å². The van der Waals surface area contributed by atoms with Crippen LogP contribution in [0.1, 0.15) is 28.7 Å². The summed E-state index contributed by atoms with van der Waals surface area (Å²) in [4.78, 5) is 8.67. The Balaban J connectivity index is 1.45. The Kier molecular flexibility index (Phi) is 7.59. The second-order valence-electron chi connectivity index (χ2n) is 7.71. The third-order valence-corrected chi connectivity index (χ3v) is 6.38. The van der Waals surface area contributed by atoms with Crippen LogP contribution in [-0.4, -0.2) is 28.3 Å². The van der Waals surface area contributed by atoms with E-state index in [-0.39, 0.29) is 6.61 Å². The van der Waals surface area contributed by atoms with Gasteiger partial charge >= 0.3 is 0 Å². The molecule has 1 aliphatic rings. The molecule has 4 heteroatoms. The number of hydrogen-bond acceptors (Lipinski definition) is 3. The van der Waals surface area contributed by atoms with Crippen molar-refractivity contribution < 1.29 is 5.11 Å². The number of aliphatic imine (C=N–C) groups is 1. The molecule has 0 unspecified atom stereocenters. The molecule has 1 aliphatic heterocycles. The highest BCUT2D eigenvalue weighted by molar-refractivity contribution is 8.17. The maximum atomic E-state index is 9.26. The van der Waals surface area contributed by atoms with Crippen LogP contribution in [0.15, 0.2) is 94.8 Å². The topological polar surface area (TPSA) is 35.8 Å². The van der Waals surface area contributed by atoms with Gasteiger partial charge in [0.2, 0.25) is 0 Å². The summed E-state index contributed by atoms with van der Waals surface area (Å²) in [6, 6.07) is 29.2. The molecule has 158 valence electrons. The highest BCUT2D eigenvalue weighted by Crippen LogP contribution is 2.32. The average Bonchev–Trinajstić information content (AvgIpc) is 3.21. The third kappa shape index (κ3) is 6.33. The molecule has 0 aliphatic carbocycles. The first-order valence-corrected chi connectivity index (χ1v) is 11.6. The number of amidine groups is 1. The first-order chi connectivity index (χ1) is 15.3. The summed E-state index contributed by atoms with van der Waals surface area (Å²) in [6.45, 7) is 2.68. The molecule has 0 atom stereocenters. The Bertz CT molecular complexity index is 1010. The Morgan fingerprint density at radius 3 is 2.19 bits per heavy atom. The van der Waals surface area contributed by atoms with Crippen molar-refractivity contribution in [1.82, 2.24) is 4.90 Å². The highest BCUT2D eigenvalue weighted by Gasteiger charge is 2.23. The number of aryl methyl sites for hydroxylation is 1. The number of nitrogens with zero attached hydrogens (tertiary/aromatic N) is 2. The molecule has 3 nitrogen and oxygen atoms in total. The molecule has 0 aromatic heterocycles. The van der Waals surface area contributed by atoms with Gasteiger partial charge < -0.3 is 10.0 Å². The molecule has 0 bridgehead atoms. The fraction of sp³-hybridized carbons (Fsp3) is 0.222. The molecule has 0 spiro atoms. The molecule has 4 rings (SSSR count). The molecule has 3 aromatic rings. The molecule has 31 heavy (non-hydrogen) atoms. The van der Waals surface area contributed by atoms with Crippen LogP contribution in [0.3, 0.4) is 0 Å². The quantitative estimate of drug-likeness (QED) is 0.496. The summed E-state index contributed by atoms with van der Waals surface area (Å²) in [5.41, 5.74) is 4.72. The van der Waals surface area contributed by atoms with Gasteiger partial charge in [-0.25, -0.2) is 0 Å². The van der Waals surface area contributed by atoms with Crippen LogP contribution in [0.4, 0.5) is 0 Å². The number of rotatable bonds is 8. The molecule has 1 heterocycles. The second kappa shape index (κ2) is 11.0. The van der Waals surface area contributed by atoms with Gasteiger partial charge in [-0.2, -0.15) is 0 Å². The zero-order valence-electron chi connectivity index (χ0n) is 17.7. The predicted molar refractivity (Wildman–Crippen MR) is 132 cm³/mol. The fourth-order valence-corrected chi connectivity index (χ4v) is 4.68. The van der Waals surface area contributed by atoms with Crippen LogP contribution < -0.4 is 0 Å². The van der Waals surface area contributed by atoms with E-state index >= 15 is 0 Å². The lowest BCUT2D eigenvalue weighted by Gasteiger charge is -2.17. The smallest absolute Gasteiger partial charge is 0.164 e. The molecule has 1 saturated heterocycles. The third-order valence-electron chi connectivity index (χ3n) is 5.31. The van der Waals surface area contributed by atoms with Crippen molar-refractivity contribution in [3.63, 3.8) is 0 Å². The van der Waals surface area contributed by atoms with E-state index in [4.69, 9.17) is 4.99 Å². The summed E-state index contributed by atoms with van der Waals surface area (Å²) < 4.78 is 0. The Labute approximate surface area is 189 Å². The summed E-state index contributed by atoms with van der Waals surface area (Å²) in [5.74, 6) is 0. The molecule has 0 saturated carbocycles. The van der Waals surface area contributed by atoms with Crippen LogP contribution in [0.25, 0.3) is 6.08 Å². The SMILES string of the molecule is OCc1ccc(/C=C2/CN(CCCc3ccccc3)C(=NCc3ccccc3)S2)cc1. The zero-order chi connectivity index (χ0) is 21.3. The number of aliphatic hydroxyl groups is 1. The molecular formula is C27H28N2OS. The van der Waals surface area contributed by atoms with Gasteiger partial charge in [0, 0.05) is 11.4 Å². The van der Waals surface area contributed by atoms with E-state index in [1.165, 1.54) is 16.0 Å². The van der Waals surface area contributed by atoms with E-state index in [0.717, 1.165) is 42.2 Å². The lowest BCUT2D eigenvalue weighted by molar-refractivity contribution is 0.282. The van der Waals surface area contributed by atoms with Gasteiger partial charge in [0.1, 0.15) is 0 Å². The summed E-state index contributed by atoms with van der Waals surface area (Å²) in [6.07, 6.45) is 4.42. The Morgan fingerprint density at radius 2 is 1.52 bits per heavy atom. The highest BCUT2D eigenvalue weighted by atomic mass is 32.2. The largest absolute Gasteiger partial charge is 0.392 e. The van der Waals surface area contributed by atoms with Crippen LogP contribution in [0, 0.1) is 0 Å². The normalized spacial score (nSPS) is 16.4. The standard InChI is InChI=1S/C27H28N2OS/c30-21-25-15-13-23(14-16-25)18-26-20-29(17-7-12-22-8-3-1-4-9-22)27(31-26)28-19-24-10-5-2-6-11-24/h1-6,8-11,13-16,18,30H,7,12,17,19-21H2/b26-18-,28-27?. The molecular weight excluding hydrogens is 400 g/mol. The van der Waals surface area contributed by atoms with Gasteiger partial charge in [0.25, 0.3) is 0 Å². The van der Waals surface area contributed by atoms with Crippen molar-refractivity contribution in [2.45, 2.75) is 26.0 Å². The Morgan fingerprint density at radius 1 is 0.839 bits per heavy atom. The van der Waals surface area contributed by atoms with E-state index in [1.54, 1.807) is 11.8 Å².